The summed E-state index contributed by atoms with van der Waals surface area (Å²) in [6.45, 7) is 2.50. The maximum atomic E-state index is 12.4. The van der Waals surface area contributed by atoms with Crippen molar-refractivity contribution in [1.29, 1.82) is 0 Å². The Labute approximate surface area is 146 Å². The van der Waals surface area contributed by atoms with Crippen molar-refractivity contribution in [2.24, 2.45) is 0 Å². The van der Waals surface area contributed by atoms with Crippen LogP contribution in [0.2, 0.25) is 0 Å². The number of carbonyl (C=O) groups is 2. The van der Waals surface area contributed by atoms with E-state index in [1.807, 2.05) is 24.3 Å². The van der Waals surface area contributed by atoms with Crippen LogP contribution in [0.4, 0.5) is 16.2 Å². The van der Waals surface area contributed by atoms with Crippen molar-refractivity contribution in [2.45, 2.75) is 0 Å². The zero-order valence-corrected chi connectivity index (χ0v) is 14.0. The number of ether oxygens (including phenoxy) is 1. The SMILES string of the molecule is COC(=O)N1CCN(c2ccccc2NC(=O)c2ccccn2)CC1. The molecule has 2 amide bonds. The van der Waals surface area contributed by atoms with Gasteiger partial charge in [-0.05, 0) is 24.3 Å². The molecule has 1 aromatic carbocycles. The molecule has 25 heavy (non-hydrogen) atoms. The van der Waals surface area contributed by atoms with Gasteiger partial charge in [-0.25, -0.2) is 4.79 Å². The molecular formula is C18H20N4O3. The summed E-state index contributed by atoms with van der Waals surface area (Å²) in [5.41, 5.74) is 2.02. The Hall–Kier alpha value is -3.09. The van der Waals surface area contributed by atoms with Crippen molar-refractivity contribution in [2.75, 3.05) is 43.5 Å². The van der Waals surface area contributed by atoms with Crippen LogP contribution in [0, 0.1) is 0 Å². The summed E-state index contributed by atoms with van der Waals surface area (Å²) < 4.78 is 4.76. The van der Waals surface area contributed by atoms with Crippen molar-refractivity contribution >= 4 is 23.4 Å². The molecule has 1 aliphatic rings. The molecular weight excluding hydrogens is 320 g/mol. The van der Waals surface area contributed by atoms with Crippen molar-refractivity contribution in [1.82, 2.24) is 9.88 Å². The fourth-order valence-electron chi connectivity index (χ4n) is 2.80. The van der Waals surface area contributed by atoms with E-state index in [4.69, 9.17) is 4.74 Å². The summed E-state index contributed by atoms with van der Waals surface area (Å²) in [5, 5.41) is 2.92. The highest BCUT2D eigenvalue weighted by Gasteiger charge is 2.23. The van der Waals surface area contributed by atoms with E-state index in [0.29, 0.717) is 31.9 Å². The van der Waals surface area contributed by atoms with Gasteiger partial charge in [0.15, 0.2) is 0 Å². The molecule has 0 bridgehead atoms. The zero-order valence-electron chi connectivity index (χ0n) is 14.0. The number of hydrogen-bond acceptors (Lipinski definition) is 5. The van der Waals surface area contributed by atoms with Crippen molar-refractivity contribution in [3.05, 3.63) is 54.4 Å². The van der Waals surface area contributed by atoms with Crippen LogP contribution in [-0.4, -0.2) is 55.2 Å². The molecule has 1 fully saturated rings. The number of methoxy groups -OCH3 is 1. The third-order valence-corrected chi connectivity index (χ3v) is 4.10. The number of rotatable bonds is 3. The molecule has 3 rings (SSSR count). The lowest BCUT2D eigenvalue weighted by Gasteiger charge is -2.36. The van der Waals surface area contributed by atoms with E-state index < -0.39 is 0 Å². The molecule has 0 spiro atoms. The van der Waals surface area contributed by atoms with E-state index in [-0.39, 0.29) is 12.0 Å². The average molecular weight is 340 g/mol. The molecule has 0 aliphatic carbocycles. The Balaban J connectivity index is 1.72. The van der Waals surface area contributed by atoms with Crippen LogP contribution in [0.25, 0.3) is 0 Å². The monoisotopic (exact) mass is 340 g/mol. The van der Waals surface area contributed by atoms with Crippen LogP contribution >= 0.6 is 0 Å². The first kappa shape index (κ1) is 16.8. The summed E-state index contributed by atoms with van der Waals surface area (Å²) in [7, 11) is 1.39. The highest BCUT2D eigenvalue weighted by Crippen LogP contribution is 2.27. The van der Waals surface area contributed by atoms with Gasteiger partial charge in [-0.2, -0.15) is 0 Å². The van der Waals surface area contributed by atoms with Gasteiger partial charge in [0.25, 0.3) is 5.91 Å². The lowest BCUT2D eigenvalue weighted by atomic mass is 10.2. The molecule has 1 saturated heterocycles. The molecule has 0 saturated carbocycles. The van der Waals surface area contributed by atoms with E-state index in [1.54, 1.807) is 29.3 Å². The lowest BCUT2D eigenvalue weighted by Crippen LogP contribution is -2.48. The third kappa shape index (κ3) is 3.88. The van der Waals surface area contributed by atoms with Gasteiger partial charge in [0.05, 0.1) is 18.5 Å². The van der Waals surface area contributed by atoms with E-state index in [0.717, 1.165) is 11.4 Å². The number of anilines is 2. The van der Waals surface area contributed by atoms with Gasteiger partial charge in [-0.3, -0.25) is 9.78 Å². The Bertz CT molecular complexity index is 743. The maximum Gasteiger partial charge on any atom is 0.409 e. The van der Waals surface area contributed by atoms with Crippen molar-refractivity contribution in [3.8, 4) is 0 Å². The summed E-state index contributed by atoms with van der Waals surface area (Å²) in [6, 6.07) is 12.9. The first-order valence-corrected chi connectivity index (χ1v) is 8.08. The van der Waals surface area contributed by atoms with E-state index in [9.17, 15) is 9.59 Å². The van der Waals surface area contributed by atoms with Gasteiger partial charge in [0.1, 0.15) is 5.69 Å². The van der Waals surface area contributed by atoms with Crippen molar-refractivity contribution < 1.29 is 14.3 Å². The van der Waals surface area contributed by atoms with Gasteiger partial charge in [-0.1, -0.05) is 18.2 Å². The number of para-hydroxylation sites is 2. The van der Waals surface area contributed by atoms with Crippen LogP contribution in [0.3, 0.4) is 0 Å². The number of carbonyl (C=O) groups excluding carboxylic acids is 2. The molecule has 7 heteroatoms. The fourth-order valence-corrected chi connectivity index (χ4v) is 2.80. The van der Waals surface area contributed by atoms with Gasteiger partial charge < -0.3 is 19.9 Å². The number of piperazine rings is 1. The second-order valence-electron chi connectivity index (χ2n) is 5.63. The molecule has 1 aliphatic heterocycles. The summed E-state index contributed by atoms with van der Waals surface area (Å²) >= 11 is 0. The molecule has 2 heterocycles. The summed E-state index contributed by atoms with van der Waals surface area (Å²) in [6.07, 6.45) is 1.28. The molecule has 1 N–H and O–H groups in total. The minimum atomic E-state index is -0.309. The Morgan fingerprint density at radius 2 is 1.76 bits per heavy atom. The van der Waals surface area contributed by atoms with E-state index in [1.165, 1.54) is 7.11 Å². The van der Waals surface area contributed by atoms with Crippen LogP contribution in [0.5, 0.6) is 0 Å². The molecule has 0 unspecified atom stereocenters. The van der Waals surface area contributed by atoms with Gasteiger partial charge in [0.2, 0.25) is 0 Å². The standard InChI is InChI=1S/C18H20N4O3/c1-25-18(24)22-12-10-21(11-13-22)16-8-3-2-6-14(16)20-17(23)15-7-4-5-9-19-15/h2-9H,10-13H2,1H3,(H,20,23). The highest BCUT2D eigenvalue weighted by atomic mass is 16.5. The second kappa shape index (κ2) is 7.65. The number of amides is 2. The molecule has 0 radical (unpaired) electrons. The normalized spacial score (nSPS) is 14.1. The number of nitrogens with one attached hydrogen (secondary N) is 1. The number of aromatic nitrogens is 1. The third-order valence-electron chi connectivity index (χ3n) is 4.10. The molecule has 0 atom stereocenters. The van der Waals surface area contributed by atoms with Gasteiger partial charge in [-0.15, -0.1) is 0 Å². The largest absolute Gasteiger partial charge is 0.453 e. The molecule has 130 valence electrons. The highest BCUT2D eigenvalue weighted by molar-refractivity contribution is 6.04. The maximum absolute atomic E-state index is 12.4. The lowest BCUT2D eigenvalue weighted by molar-refractivity contribution is 0.102. The predicted molar refractivity (Wildman–Crippen MR) is 94.8 cm³/mol. The van der Waals surface area contributed by atoms with Crippen LogP contribution in [0.15, 0.2) is 48.7 Å². The summed E-state index contributed by atoms with van der Waals surface area (Å²) in [4.78, 5) is 31.9. The quantitative estimate of drug-likeness (QED) is 0.927. The van der Waals surface area contributed by atoms with Crippen LogP contribution < -0.4 is 10.2 Å². The van der Waals surface area contributed by atoms with Crippen LogP contribution in [0.1, 0.15) is 10.5 Å². The second-order valence-corrected chi connectivity index (χ2v) is 5.63. The Morgan fingerprint density at radius 1 is 1.04 bits per heavy atom. The fraction of sp³-hybridized carbons (Fsp3) is 0.278. The first-order chi connectivity index (χ1) is 12.2. The topological polar surface area (TPSA) is 74.8 Å². The summed E-state index contributed by atoms with van der Waals surface area (Å²) in [5.74, 6) is -0.249. The van der Waals surface area contributed by atoms with E-state index in [2.05, 4.69) is 15.2 Å². The Kier molecular flexibility index (Phi) is 5.13. The minimum absolute atomic E-state index is 0.249. The van der Waals surface area contributed by atoms with Gasteiger partial charge >= 0.3 is 6.09 Å². The number of nitrogens with zero attached hydrogens (tertiary/aromatic N) is 3. The average Bonchev–Trinajstić information content (AvgIpc) is 2.68. The van der Waals surface area contributed by atoms with Crippen LogP contribution in [-0.2, 0) is 4.74 Å². The molecule has 7 nitrogen and oxygen atoms in total. The molecule has 2 aromatic rings. The minimum Gasteiger partial charge on any atom is -0.453 e. The number of hydrogen-bond donors (Lipinski definition) is 1. The predicted octanol–water partition coefficient (Wildman–Crippen LogP) is 2.22. The zero-order chi connectivity index (χ0) is 17.6. The van der Waals surface area contributed by atoms with Gasteiger partial charge in [0, 0.05) is 32.4 Å². The van der Waals surface area contributed by atoms with Crippen molar-refractivity contribution in [3.63, 3.8) is 0 Å². The van der Waals surface area contributed by atoms with E-state index >= 15 is 0 Å². The first-order valence-electron chi connectivity index (χ1n) is 8.08. The Morgan fingerprint density at radius 3 is 2.44 bits per heavy atom. The number of pyridine rings is 1. The number of benzene rings is 1. The smallest absolute Gasteiger partial charge is 0.409 e. The molecule has 1 aromatic heterocycles.